The summed E-state index contributed by atoms with van der Waals surface area (Å²) in [5, 5.41) is 157. The molecule has 9 fully saturated rings. The van der Waals surface area contributed by atoms with Crippen molar-refractivity contribution in [2.45, 2.75) is 255 Å². The van der Waals surface area contributed by atoms with Crippen LogP contribution in [0.2, 0.25) is 0 Å². The number of nitrogens with zero attached hydrogens (tertiary/aromatic N) is 1. The second kappa shape index (κ2) is 28.6. The van der Waals surface area contributed by atoms with Gasteiger partial charge in [0.15, 0.2) is 12.4 Å². The lowest BCUT2D eigenvalue weighted by Gasteiger charge is -2.63. The van der Waals surface area contributed by atoms with Crippen molar-refractivity contribution in [1.29, 1.82) is 0 Å². The van der Waals surface area contributed by atoms with Crippen molar-refractivity contribution >= 4 is 17.7 Å². The minimum absolute atomic E-state index is 0.0488. The number of aliphatic hydroxyl groups excluding tert-OH is 14. The van der Waals surface area contributed by atoms with Crippen LogP contribution in [0.25, 0.3) is 0 Å². The highest BCUT2D eigenvalue weighted by Gasteiger charge is 2.67. The highest BCUT2D eigenvalue weighted by atomic mass is 16.7. The van der Waals surface area contributed by atoms with Crippen LogP contribution >= 0.6 is 0 Å². The fraction of sp³-hybridized carbons (Fsp3) is 0.954. The van der Waals surface area contributed by atoms with E-state index in [9.17, 15) is 85.9 Å². The van der Waals surface area contributed by atoms with Crippen molar-refractivity contribution < 1.29 is 95.3 Å². The lowest BCUT2D eigenvalue weighted by Crippen LogP contribution is -2.62. The predicted octanol–water partition coefficient (Wildman–Crippen LogP) is 0.453. The van der Waals surface area contributed by atoms with Gasteiger partial charge in [-0.25, -0.2) is 0 Å². The summed E-state index contributed by atoms with van der Waals surface area (Å²) in [6, 6.07) is 0. The summed E-state index contributed by atoms with van der Waals surface area (Å²) >= 11 is 0. The van der Waals surface area contributed by atoms with E-state index in [1.54, 1.807) is 4.90 Å². The van der Waals surface area contributed by atoms with Crippen molar-refractivity contribution in [3.8, 4) is 0 Å². The van der Waals surface area contributed by atoms with Gasteiger partial charge in [-0.3, -0.25) is 14.4 Å². The van der Waals surface area contributed by atoms with E-state index in [1.807, 2.05) is 0 Å². The van der Waals surface area contributed by atoms with Crippen LogP contribution < -0.4 is 10.6 Å². The number of rotatable bonds is 24. The third kappa shape index (κ3) is 13.6. The van der Waals surface area contributed by atoms with Gasteiger partial charge in [0.05, 0.1) is 49.8 Å². The lowest BCUT2D eigenvalue weighted by atomic mass is 9.43. The second-order valence-electron chi connectivity index (χ2n) is 30.1. The Morgan fingerprint density at radius 3 is 1.87 bits per heavy atom. The summed E-state index contributed by atoms with van der Waals surface area (Å²) in [5.74, 6) is 0.925. The second-order valence-corrected chi connectivity index (χ2v) is 30.1. The molecule has 3 amide bonds. The summed E-state index contributed by atoms with van der Waals surface area (Å²) < 4.78 is 10.8. The van der Waals surface area contributed by atoms with Crippen LogP contribution in [0, 0.1) is 93.2 Å². The van der Waals surface area contributed by atoms with Gasteiger partial charge in [0, 0.05) is 39.0 Å². The van der Waals surface area contributed by atoms with Gasteiger partial charge < -0.3 is 96.5 Å². The van der Waals surface area contributed by atoms with Crippen LogP contribution in [-0.4, -0.2) is 225 Å². The summed E-state index contributed by atoms with van der Waals surface area (Å²) in [7, 11) is 0. The maximum absolute atomic E-state index is 14.4. The normalized spacial score (nSPS) is 45.3. The van der Waals surface area contributed by atoms with Crippen LogP contribution in [0.5, 0.6) is 0 Å². The van der Waals surface area contributed by atoms with Crippen molar-refractivity contribution in [1.82, 2.24) is 15.5 Å². The van der Waals surface area contributed by atoms with E-state index in [4.69, 9.17) is 9.47 Å². The van der Waals surface area contributed by atoms with Crippen LogP contribution in [0.4, 0.5) is 0 Å². The lowest BCUT2D eigenvalue weighted by molar-refractivity contribution is -0.326. The Morgan fingerprint density at radius 2 is 1.23 bits per heavy atom. The molecule has 9 rings (SSSR count). The van der Waals surface area contributed by atoms with Gasteiger partial charge in [-0.15, -0.1) is 0 Å². The number of fused-ring (bicyclic) bond motifs is 10. The number of aliphatic hydroxyl groups is 14. The SMILES string of the molecule is CC(CCC(=O)NCCCN(CCCNC(=O)C(O)C(O)C(OC1OC(CO)C(O)C(O)C1O)C(O)CO)C(=O)CCC(C)C1CCC2C3C(O)CC4CC(O)CCC4(C)C3CC(O)C12C)C1CCC2C3C(O)CC4CC(O)CCC4C3CC(O)C12C. The molecule has 8 saturated carbocycles. The first-order chi connectivity index (χ1) is 41.2. The topological polar surface area (TPSA) is 380 Å². The van der Waals surface area contributed by atoms with Crippen molar-refractivity contribution in [3.05, 3.63) is 0 Å². The molecule has 87 heavy (non-hydrogen) atoms. The van der Waals surface area contributed by atoms with Crippen LogP contribution in [0.1, 0.15) is 163 Å². The molecule has 1 aliphatic heterocycles. The quantitative estimate of drug-likeness (QED) is 0.0584. The van der Waals surface area contributed by atoms with E-state index in [0.717, 1.165) is 57.8 Å². The monoisotopic (exact) mass is 1240 g/mol. The molecule has 22 heteroatoms. The number of hydrogen-bond acceptors (Lipinski definition) is 19. The zero-order valence-electron chi connectivity index (χ0n) is 52.3. The van der Waals surface area contributed by atoms with E-state index in [2.05, 4.69) is 45.3 Å². The molecule has 1 saturated heterocycles. The molecular formula is C65H111N3O19. The number of amides is 3. The molecule has 0 radical (unpaired) electrons. The standard InChI is InChI=1S/C65H111N3O19/c1-32(40-12-14-42-53-39(28-49(76)64(40,42)4)38-11-10-36(71)24-34(38)25-45(53)73)8-16-51(78)66-20-6-22-68(23-7-21-67-61(85)58(83)57(82)60(47(75)30-69)87-62-59(84)56(81)55(80)48(31-70)86-62)52(79)17-9-33(2)41-13-15-43-54-44(29-50(77)65(41,43)5)63(3)19-18-37(72)26-35(63)27-46(54)74/h32-50,53-60,62,69-77,80-84H,6-31H2,1-5H3,(H,66,78)(H,67,85). The summed E-state index contributed by atoms with van der Waals surface area (Å²) in [4.78, 5) is 43.0. The van der Waals surface area contributed by atoms with Crippen LogP contribution in [0.15, 0.2) is 0 Å². The molecule has 31 unspecified atom stereocenters. The first kappa shape index (κ1) is 69.1. The molecule has 0 bridgehead atoms. The van der Waals surface area contributed by atoms with E-state index < -0.39 is 104 Å². The Kier molecular flexibility index (Phi) is 22.7. The van der Waals surface area contributed by atoms with Gasteiger partial charge in [0.25, 0.3) is 5.91 Å². The zero-order chi connectivity index (χ0) is 63.2. The number of hydrogen-bond donors (Lipinski definition) is 16. The summed E-state index contributed by atoms with van der Waals surface area (Å²) in [5.41, 5.74) is -0.895. The molecule has 500 valence electrons. The largest absolute Gasteiger partial charge is 0.394 e. The van der Waals surface area contributed by atoms with Crippen molar-refractivity contribution in [3.63, 3.8) is 0 Å². The van der Waals surface area contributed by atoms with E-state index in [1.165, 1.54) is 0 Å². The fourth-order valence-electron chi connectivity index (χ4n) is 20.9. The van der Waals surface area contributed by atoms with Crippen LogP contribution in [-0.2, 0) is 23.9 Å². The Balaban J connectivity index is 0.793. The molecule has 0 aromatic heterocycles. The number of nitrogens with one attached hydrogen (secondary N) is 2. The Hall–Kier alpha value is -2.23. The maximum Gasteiger partial charge on any atom is 0.251 e. The van der Waals surface area contributed by atoms with Gasteiger partial charge >= 0.3 is 0 Å². The van der Waals surface area contributed by atoms with E-state index >= 15 is 0 Å². The smallest absolute Gasteiger partial charge is 0.251 e. The average Bonchev–Trinajstić information content (AvgIpc) is 1.71. The Labute approximate surface area is 514 Å². The predicted molar refractivity (Wildman–Crippen MR) is 316 cm³/mol. The van der Waals surface area contributed by atoms with Crippen molar-refractivity contribution in [2.75, 3.05) is 39.4 Å². The molecule has 0 aromatic carbocycles. The maximum atomic E-state index is 14.4. The first-order valence-corrected chi connectivity index (χ1v) is 33.7. The third-order valence-electron chi connectivity index (χ3n) is 25.8. The molecule has 0 aromatic rings. The minimum atomic E-state index is -2.27. The molecule has 1 heterocycles. The zero-order valence-corrected chi connectivity index (χ0v) is 52.3. The molecule has 22 nitrogen and oxygen atoms in total. The third-order valence-corrected chi connectivity index (χ3v) is 25.8. The van der Waals surface area contributed by atoms with Gasteiger partial charge in [0.1, 0.15) is 42.7 Å². The van der Waals surface area contributed by atoms with Gasteiger partial charge in [-0.1, -0.05) is 34.6 Å². The molecule has 16 N–H and O–H groups in total. The van der Waals surface area contributed by atoms with Crippen molar-refractivity contribution in [2.24, 2.45) is 93.2 Å². The summed E-state index contributed by atoms with van der Waals surface area (Å²) in [6.45, 7) is 9.83. The fourth-order valence-corrected chi connectivity index (χ4v) is 20.9. The van der Waals surface area contributed by atoms with Crippen LogP contribution in [0.3, 0.4) is 0 Å². The summed E-state index contributed by atoms with van der Waals surface area (Å²) in [6.07, 6.45) is -6.80. The highest BCUT2D eigenvalue weighted by molar-refractivity contribution is 5.81. The Morgan fingerprint density at radius 1 is 0.632 bits per heavy atom. The first-order valence-electron chi connectivity index (χ1n) is 33.7. The Bertz CT molecular complexity index is 2290. The number of carbonyl (C=O) groups excluding carboxylic acids is 3. The number of carbonyl (C=O) groups is 3. The van der Waals surface area contributed by atoms with E-state index in [0.29, 0.717) is 63.2 Å². The molecule has 31 atom stereocenters. The molecule has 9 aliphatic rings. The number of ether oxygens (including phenoxy) is 2. The van der Waals surface area contributed by atoms with Gasteiger partial charge in [0.2, 0.25) is 11.8 Å². The highest BCUT2D eigenvalue weighted by Crippen LogP contribution is 2.69. The molecular weight excluding hydrogens is 1130 g/mol. The molecule has 8 aliphatic carbocycles. The average molecular weight is 1240 g/mol. The van der Waals surface area contributed by atoms with E-state index in [-0.39, 0.29) is 145 Å². The van der Waals surface area contributed by atoms with Gasteiger partial charge in [-0.05, 0) is 209 Å². The molecule has 0 spiro atoms. The van der Waals surface area contributed by atoms with Gasteiger partial charge in [-0.2, -0.15) is 0 Å². The minimum Gasteiger partial charge on any atom is -0.394 e.